The van der Waals surface area contributed by atoms with E-state index in [4.69, 9.17) is 14.6 Å². The van der Waals surface area contributed by atoms with Crippen molar-refractivity contribution < 1.29 is 19.4 Å². The molecule has 0 fully saturated rings. The molecule has 21 heavy (non-hydrogen) atoms. The molecule has 0 aliphatic rings. The quantitative estimate of drug-likeness (QED) is 0.769. The number of allylic oxidation sites excluding steroid dienone is 2. The third-order valence-corrected chi connectivity index (χ3v) is 2.61. The largest absolute Gasteiger partial charge is 0.489 e. The SMILES string of the molecule is CC(C)=CCOc1cc(OCC=C(C)C)cc(C(=O)O)c1. The molecule has 0 aliphatic heterocycles. The Hall–Kier alpha value is -2.23. The molecule has 0 amide bonds. The first kappa shape index (κ1) is 16.8. The highest BCUT2D eigenvalue weighted by atomic mass is 16.5. The lowest BCUT2D eigenvalue weighted by Gasteiger charge is -2.09. The van der Waals surface area contributed by atoms with E-state index >= 15 is 0 Å². The number of aromatic carboxylic acids is 1. The summed E-state index contributed by atoms with van der Waals surface area (Å²) < 4.78 is 11.1. The van der Waals surface area contributed by atoms with Crippen molar-refractivity contribution in [3.05, 3.63) is 47.1 Å². The topological polar surface area (TPSA) is 55.8 Å². The van der Waals surface area contributed by atoms with Crippen LogP contribution in [0.15, 0.2) is 41.5 Å². The van der Waals surface area contributed by atoms with Crippen LogP contribution in [0.25, 0.3) is 0 Å². The summed E-state index contributed by atoms with van der Waals surface area (Å²) in [5, 5.41) is 9.13. The van der Waals surface area contributed by atoms with Crippen LogP contribution in [0.4, 0.5) is 0 Å². The van der Waals surface area contributed by atoms with Crippen molar-refractivity contribution in [2.45, 2.75) is 27.7 Å². The van der Waals surface area contributed by atoms with E-state index in [0.29, 0.717) is 24.7 Å². The van der Waals surface area contributed by atoms with Gasteiger partial charge in [0.05, 0.1) is 5.56 Å². The first-order valence-electron chi connectivity index (χ1n) is 6.79. The first-order chi connectivity index (χ1) is 9.88. The molecule has 1 N–H and O–H groups in total. The molecule has 0 saturated heterocycles. The molecule has 0 saturated carbocycles. The van der Waals surface area contributed by atoms with Gasteiger partial charge in [0.15, 0.2) is 0 Å². The highest BCUT2D eigenvalue weighted by Crippen LogP contribution is 2.23. The minimum absolute atomic E-state index is 0.150. The second-order valence-electron chi connectivity index (χ2n) is 5.18. The van der Waals surface area contributed by atoms with E-state index in [-0.39, 0.29) is 5.56 Å². The molecule has 4 heteroatoms. The van der Waals surface area contributed by atoms with Crippen LogP contribution in [-0.2, 0) is 0 Å². The highest BCUT2D eigenvalue weighted by Gasteiger charge is 2.08. The van der Waals surface area contributed by atoms with Gasteiger partial charge in [0, 0.05) is 6.07 Å². The average molecular weight is 290 g/mol. The van der Waals surface area contributed by atoms with Crippen LogP contribution in [0.5, 0.6) is 11.5 Å². The van der Waals surface area contributed by atoms with Gasteiger partial charge in [-0.05, 0) is 52.0 Å². The molecule has 0 unspecified atom stereocenters. The Kier molecular flexibility index (Phi) is 6.53. The predicted octanol–water partition coefficient (Wildman–Crippen LogP) is 4.07. The summed E-state index contributed by atoms with van der Waals surface area (Å²) in [6, 6.07) is 4.69. The number of carbonyl (C=O) groups is 1. The highest BCUT2D eigenvalue weighted by molar-refractivity contribution is 5.88. The van der Waals surface area contributed by atoms with Gasteiger partial charge in [0.25, 0.3) is 0 Å². The number of ether oxygens (including phenoxy) is 2. The Balaban J connectivity index is 2.87. The monoisotopic (exact) mass is 290 g/mol. The van der Waals surface area contributed by atoms with Gasteiger partial charge in [-0.2, -0.15) is 0 Å². The van der Waals surface area contributed by atoms with Crippen molar-refractivity contribution in [3.63, 3.8) is 0 Å². The van der Waals surface area contributed by atoms with Crippen molar-refractivity contribution in [2.24, 2.45) is 0 Å². The predicted molar refractivity (Wildman–Crippen MR) is 83.3 cm³/mol. The summed E-state index contributed by atoms with van der Waals surface area (Å²) in [6.45, 7) is 8.71. The molecular formula is C17H22O4. The lowest BCUT2D eigenvalue weighted by molar-refractivity contribution is 0.0696. The van der Waals surface area contributed by atoms with Crippen LogP contribution in [0, 0.1) is 0 Å². The van der Waals surface area contributed by atoms with Gasteiger partial charge in [0.1, 0.15) is 24.7 Å². The van der Waals surface area contributed by atoms with E-state index in [1.54, 1.807) is 6.07 Å². The van der Waals surface area contributed by atoms with Crippen molar-refractivity contribution in [3.8, 4) is 11.5 Å². The van der Waals surface area contributed by atoms with Crippen LogP contribution < -0.4 is 9.47 Å². The summed E-state index contributed by atoms with van der Waals surface area (Å²) in [5.41, 5.74) is 2.44. The third-order valence-electron chi connectivity index (χ3n) is 2.61. The van der Waals surface area contributed by atoms with Crippen LogP contribution in [-0.4, -0.2) is 24.3 Å². The lowest BCUT2D eigenvalue weighted by atomic mass is 10.2. The van der Waals surface area contributed by atoms with E-state index in [1.165, 1.54) is 12.1 Å². The molecule has 114 valence electrons. The Bertz CT molecular complexity index is 508. The summed E-state index contributed by atoms with van der Waals surface area (Å²) in [5.74, 6) is -0.0334. The zero-order valence-corrected chi connectivity index (χ0v) is 13.0. The molecule has 4 nitrogen and oxygen atoms in total. The minimum atomic E-state index is -1.00. The fraction of sp³-hybridized carbons (Fsp3) is 0.353. The molecule has 0 spiro atoms. The van der Waals surface area contributed by atoms with E-state index in [9.17, 15) is 4.79 Å². The molecular weight excluding hydrogens is 268 g/mol. The Morgan fingerprint density at radius 1 is 0.952 bits per heavy atom. The van der Waals surface area contributed by atoms with Gasteiger partial charge in [0.2, 0.25) is 0 Å². The Morgan fingerprint density at radius 2 is 1.38 bits per heavy atom. The molecule has 0 aromatic heterocycles. The van der Waals surface area contributed by atoms with Crippen molar-refractivity contribution in [2.75, 3.05) is 13.2 Å². The molecule has 1 rings (SSSR count). The van der Waals surface area contributed by atoms with Crippen LogP contribution in [0.3, 0.4) is 0 Å². The summed E-state index contributed by atoms with van der Waals surface area (Å²) >= 11 is 0. The van der Waals surface area contributed by atoms with E-state index < -0.39 is 5.97 Å². The van der Waals surface area contributed by atoms with Crippen LogP contribution in [0.1, 0.15) is 38.1 Å². The molecule has 1 aromatic carbocycles. The summed E-state index contributed by atoms with van der Waals surface area (Å²) in [6.07, 6.45) is 3.86. The normalized spacial score (nSPS) is 9.71. The second kappa shape index (κ2) is 8.15. The molecule has 0 aliphatic carbocycles. The molecule has 1 aromatic rings. The van der Waals surface area contributed by atoms with Gasteiger partial charge in [-0.25, -0.2) is 4.79 Å². The smallest absolute Gasteiger partial charge is 0.335 e. The average Bonchev–Trinajstić information content (AvgIpc) is 2.37. The maximum atomic E-state index is 11.1. The fourth-order valence-corrected chi connectivity index (χ4v) is 1.47. The molecule has 0 atom stereocenters. The standard InChI is InChI=1S/C17H22O4/c1-12(2)5-7-20-15-9-14(17(18)19)10-16(11-15)21-8-6-13(3)4/h5-6,9-11H,7-8H2,1-4H3,(H,18,19). The number of hydrogen-bond acceptors (Lipinski definition) is 3. The van der Waals surface area contributed by atoms with Gasteiger partial charge in [-0.1, -0.05) is 11.1 Å². The number of carboxylic acid groups (broad SMARTS) is 1. The van der Waals surface area contributed by atoms with E-state index in [0.717, 1.165) is 11.1 Å². The molecule has 0 heterocycles. The van der Waals surface area contributed by atoms with Crippen molar-refractivity contribution in [1.82, 2.24) is 0 Å². The fourth-order valence-electron chi connectivity index (χ4n) is 1.47. The van der Waals surface area contributed by atoms with E-state index in [2.05, 4.69) is 0 Å². The molecule has 0 radical (unpaired) electrons. The summed E-state index contributed by atoms with van der Waals surface area (Å²) in [4.78, 5) is 11.1. The van der Waals surface area contributed by atoms with Gasteiger partial charge in [-0.3, -0.25) is 0 Å². The minimum Gasteiger partial charge on any atom is -0.489 e. The number of hydrogen-bond donors (Lipinski definition) is 1. The van der Waals surface area contributed by atoms with Crippen LogP contribution in [0.2, 0.25) is 0 Å². The Labute approximate surface area is 125 Å². The van der Waals surface area contributed by atoms with E-state index in [1.807, 2.05) is 39.8 Å². The molecule has 0 bridgehead atoms. The Morgan fingerprint density at radius 3 is 1.71 bits per heavy atom. The summed E-state index contributed by atoms with van der Waals surface area (Å²) in [7, 11) is 0. The van der Waals surface area contributed by atoms with Crippen molar-refractivity contribution in [1.29, 1.82) is 0 Å². The zero-order valence-electron chi connectivity index (χ0n) is 13.0. The number of benzene rings is 1. The maximum absolute atomic E-state index is 11.1. The zero-order chi connectivity index (χ0) is 15.8. The van der Waals surface area contributed by atoms with Gasteiger partial charge >= 0.3 is 5.97 Å². The second-order valence-corrected chi connectivity index (χ2v) is 5.18. The lowest BCUT2D eigenvalue weighted by Crippen LogP contribution is -2.02. The number of rotatable bonds is 7. The third kappa shape index (κ3) is 6.65. The van der Waals surface area contributed by atoms with Crippen molar-refractivity contribution >= 4 is 5.97 Å². The first-order valence-corrected chi connectivity index (χ1v) is 6.79. The number of carboxylic acids is 1. The van der Waals surface area contributed by atoms with Gasteiger partial charge in [-0.15, -0.1) is 0 Å². The van der Waals surface area contributed by atoms with Gasteiger partial charge < -0.3 is 14.6 Å². The maximum Gasteiger partial charge on any atom is 0.335 e. The van der Waals surface area contributed by atoms with Crippen LogP contribution >= 0.6 is 0 Å².